The van der Waals surface area contributed by atoms with Crippen molar-refractivity contribution in [2.24, 2.45) is 4.99 Å². The highest BCUT2D eigenvalue weighted by Gasteiger charge is 2.25. The fraction of sp³-hybridized carbons (Fsp3) is 0.250. The largest absolute Gasteiger partial charge is 0.477 e. The highest BCUT2D eigenvalue weighted by atomic mass is 32.2. The van der Waals surface area contributed by atoms with Crippen LogP contribution in [0.25, 0.3) is 0 Å². The van der Waals surface area contributed by atoms with Crippen LogP contribution in [-0.2, 0) is 4.79 Å². The highest BCUT2D eigenvalue weighted by molar-refractivity contribution is 8.03. The van der Waals surface area contributed by atoms with E-state index < -0.39 is 5.97 Å². The molecule has 0 radical (unpaired) electrons. The summed E-state index contributed by atoms with van der Waals surface area (Å²) >= 11 is 1.67. The number of nitrogens with zero attached hydrogens (tertiary/aromatic N) is 1. The van der Waals surface area contributed by atoms with E-state index in [0.29, 0.717) is 5.25 Å². The molecule has 0 amide bonds. The third-order valence-corrected chi connectivity index (χ3v) is 2.86. The minimum Gasteiger partial charge on any atom is -0.477 e. The zero-order valence-electron chi connectivity index (χ0n) is 6.18. The number of thioether (sulfide) groups is 1. The number of carboxylic acids is 1. The summed E-state index contributed by atoms with van der Waals surface area (Å²) < 4.78 is 0. The first kappa shape index (κ1) is 7.61. The van der Waals surface area contributed by atoms with Crippen molar-refractivity contribution in [3.63, 3.8) is 0 Å². The van der Waals surface area contributed by atoms with Gasteiger partial charge in [0.2, 0.25) is 0 Å². The van der Waals surface area contributed by atoms with Gasteiger partial charge in [0.15, 0.2) is 0 Å². The molecule has 2 aliphatic rings. The summed E-state index contributed by atoms with van der Waals surface area (Å²) in [5.74, 6) is -0.949. The first-order chi connectivity index (χ1) is 5.77. The molecule has 12 heavy (non-hydrogen) atoms. The molecule has 2 aliphatic heterocycles. The summed E-state index contributed by atoms with van der Waals surface area (Å²) in [5.41, 5.74) is 0.156. The van der Waals surface area contributed by atoms with Gasteiger partial charge in [-0.1, -0.05) is 12.2 Å². The molecule has 0 bridgehead atoms. The fourth-order valence-electron chi connectivity index (χ4n) is 1.20. The van der Waals surface area contributed by atoms with Gasteiger partial charge in [-0.25, -0.2) is 4.79 Å². The molecule has 0 aromatic rings. The Hall–Kier alpha value is -1.03. The molecule has 1 N–H and O–H groups in total. The van der Waals surface area contributed by atoms with Crippen LogP contribution in [0, 0.1) is 0 Å². The van der Waals surface area contributed by atoms with Gasteiger partial charge < -0.3 is 5.11 Å². The Kier molecular flexibility index (Phi) is 1.77. The lowest BCUT2D eigenvalue weighted by Crippen LogP contribution is -2.23. The summed E-state index contributed by atoms with van der Waals surface area (Å²) in [4.78, 5) is 14.6. The first-order valence-corrected chi connectivity index (χ1v) is 4.53. The van der Waals surface area contributed by atoms with Gasteiger partial charge in [0, 0.05) is 0 Å². The van der Waals surface area contributed by atoms with Crippen LogP contribution in [-0.4, -0.2) is 28.1 Å². The van der Waals surface area contributed by atoms with Crippen molar-refractivity contribution in [1.82, 2.24) is 0 Å². The van der Waals surface area contributed by atoms with Crippen molar-refractivity contribution >= 4 is 23.4 Å². The average Bonchev–Trinajstić information content (AvgIpc) is 2.49. The van der Waals surface area contributed by atoms with Crippen molar-refractivity contribution in [3.8, 4) is 0 Å². The van der Waals surface area contributed by atoms with Gasteiger partial charge >= 0.3 is 5.97 Å². The van der Waals surface area contributed by atoms with Crippen LogP contribution in [0.1, 0.15) is 0 Å². The molecule has 0 aliphatic carbocycles. The van der Waals surface area contributed by atoms with E-state index in [4.69, 9.17) is 5.11 Å². The zero-order chi connectivity index (χ0) is 8.55. The summed E-state index contributed by atoms with van der Waals surface area (Å²) in [6.07, 6.45) is 5.40. The maximum absolute atomic E-state index is 10.5. The monoisotopic (exact) mass is 181 g/mol. The SMILES string of the molecule is O=C(O)C1=NC2C=CSC2C=C1. The van der Waals surface area contributed by atoms with Crippen molar-refractivity contribution in [2.45, 2.75) is 11.3 Å². The third kappa shape index (κ3) is 1.18. The number of dihydropyridines is 1. The smallest absolute Gasteiger partial charge is 0.354 e. The van der Waals surface area contributed by atoms with Crippen LogP contribution in [0.15, 0.2) is 28.6 Å². The molecular formula is C8H7NO2S. The minimum absolute atomic E-state index is 0.0334. The molecule has 0 aromatic heterocycles. The molecule has 0 saturated carbocycles. The lowest BCUT2D eigenvalue weighted by atomic mass is 10.1. The molecule has 62 valence electrons. The highest BCUT2D eigenvalue weighted by Crippen LogP contribution is 2.29. The Balaban J connectivity index is 2.25. The summed E-state index contributed by atoms with van der Waals surface area (Å²) in [6, 6.07) is 0.0334. The van der Waals surface area contributed by atoms with Crippen LogP contribution in [0.2, 0.25) is 0 Å². The number of carboxylic acid groups (broad SMARTS) is 1. The summed E-state index contributed by atoms with van der Waals surface area (Å²) in [7, 11) is 0. The van der Waals surface area contributed by atoms with Crippen LogP contribution in [0.4, 0.5) is 0 Å². The molecule has 2 rings (SSSR count). The molecule has 4 heteroatoms. The molecule has 2 atom stereocenters. The number of aliphatic carboxylic acids is 1. The number of hydrogen-bond acceptors (Lipinski definition) is 3. The standard InChI is InChI=1S/C8H7NO2S/c10-8(11)6-1-2-7-5(9-6)3-4-12-7/h1-5,7H,(H,10,11). The number of carbonyl (C=O) groups is 1. The van der Waals surface area contributed by atoms with Gasteiger partial charge in [-0.05, 0) is 11.5 Å². The summed E-state index contributed by atoms with van der Waals surface area (Å²) in [6.45, 7) is 0. The molecule has 2 heterocycles. The number of fused-ring (bicyclic) bond motifs is 1. The van der Waals surface area contributed by atoms with Crippen molar-refractivity contribution in [2.75, 3.05) is 0 Å². The molecule has 0 saturated heterocycles. The predicted octanol–water partition coefficient (Wildman–Crippen LogP) is 1.08. The second kappa shape index (κ2) is 2.79. The van der Waals surface area contributed by atoms with E-state index >= 15 is 0 Å². The Morgan fingerprint density at radius 1 is 1.58 bits per heavy atom. The molecule has 3 nitrogen and oxygen atoms in total. The van der Waals surface area contributed by atoms with Gasteiger partial charge in [0.1, 0.15) is 5.71 Å². The van der Waals surface area contributed by atoms with Gasteiger partial charge in [-0.15, -0.1) is 11.8 Å². The first-order valence-electron chi connectivity index (χ1n) is 3.59. The Labute approximate surface area is 73.9 Å². The van der Waals surface area contributed by atoms with Gasteiger partial charge in [-0.3, -0.25) is 4.99 Å². The topological polar surface area (TPSA) is 49.7 Å². The van der Waals surface area contributed by atoms with E-state index in [1.165, 1.54) is 0 Å². The van der Waals surface area contributed by atoms with E-state index in [1.807, 2.05) is 17.6 Å². The maximum Gasteiger partial charge on any atom is 0.354 e. The quantitative estimate of drug-likeness (QED) is 0.658. The molecule has 0 aromatic carbocycles. The van der Waals surface area contributed by atoms with E-state index in [2.05, 4.69) is 4.99 Å². The Morgan fingerprint density at radius 2 is 2.42 bits per heavy atom. The van der Waals surface area contributed by atoms with Crippen LogP contribution in [0.5, 0.6) is 0 Å². The number of rotatable bonds is 1. The minimum atomic E-state index is -0.949. The van der Waals surface area contributed by atoms with Crippen LogP contribution >= 0.6 is 11.8 Å². The second-order valence-corrected chi connectivity index (χ2v) is 3.69. The van der Waals surface area contributed by atoms with Crippen molar-refractivity contribution in [1.29, 1.82) is 0 Å². The third-order valence-electron chi connectivity index (χ3n) is 1.80. The fourth-order valence-corrected chi connectivity index (χ4v) is 2.11. The Morgan fingerprint density at radius 3 is 3.17 bits per heavy atom. The normalized spacial score (nSPS) is 31.5. The van der Waals surface area contributed by atoms with Gasteiger partial charge in [-0.2, -0.15) is 0 Å². The van der Waals surface area contributed by atoms with Crippen molar-refractivity contribution in [3.05, 3.63) is 23.6 Å². The second-order valence-electron chi connectivity index (χ2n) is 2.60. The lowest BCUT2D eigenvalue weighted by molar-refractivity contribution is -0.129. The summed E-state index contributed by atoms with van der Waals surface area (Å²) in [5, 5.41) is 10.9. The van der Waals surface area contributed by atoms with E-state index in [0.717, 1.165) is 0 Å². The lowest BCUT2D eigenvalue weighted by Gasteiger charge is -2.14. The molecule has 2 unspecified atom stereocenters. The van der Waals surface area contributed by atoms with E-state index in [1.54, 1.807) is 17.8 Å². The Bertz CT molecular complexity index is 306. The van der Waals surface area contributed by atoms with Crippen LogP contribution in [0.3, 0.4) is 0 Å². The molecule has 0 fully saturated rings. The van der Waals surface area contributed by atoms with Crippen LogP contribution < -0.4 is 0 Å². The molecular weight excluding hydrogens is 174 g/mol. The van der Waals surface area contributed by atoms with Crippen molar-refractivity contribution < 1.29 is 9.90 Å². The average molecular weight is 181 g/mol. The maximum atomic E-state index is 10.5. The molecule has 0 spiro atoms. The number of aliphatic imine (C=N–C) groups is 1. The van der Waals surface area contributed by atoms with E-state index in [9.17, 15) is 4.79 Å². The van der Waals surface area contributed by atoms with E-state index in [-0.39, 0.29) is 11.8 Å². The number of hydrogen-bond donors (Lipinski definition) is 1. The predicted molar refractivity (Wildman–Crippen MR) is 48.5 cm³/mol. The van der Waals surface area contributed by atoms with Gasteiger partial charge in [0.25, 0.3) is 0 Å². The zero-order valence-corrected chi connectivity index (χ0v) is 6.99. The van der Waals surface area contributed by atoms with Gasteiger partial charge in [0.05, 0.1) is 11.3 Å².